The number of methoxy groups -OCH3 is 2. The van der Waals surface area contributed by atoms with E-state index >= 15 is 0 Å². The molecule has 96 valence electrons. The van der Waals surface area contributed by atoms with E-state index in [-0.39, 0.29) is 12.0 Å². The highest BCUT2D eigenvalue weighted by molar-refractivity contribution is 5.23. The maximum absolute atomic E-state index is 13.0. The van der Waals surface area contributed by atoms with Crippen molar-refractivity contribution in [1.29, 1.82) is 0 Å². The van der Waals surface area contributed by atoms with Crippen LogP contribution in [0, 0.1) is 11.6 Å². The minimum absolute atomic E-state index is 0.0723. The number of aliphatic hydroxyl groups is 1. The van der Waals surface area contributed by atoms with Crippen LogP contribution in [-0.4, -0.2) is 25.6 Å². The largest absolute Gasteiger partial charge is 0.385 e. The highest BCUT2D eigenvalue weighted by Gasteiger charge is 2.28. The van der Waals surface area contributed by atoms with Gasteiger partial charge in [-0.05, 0) is 24.6 Å². The molecule has 0 bridgehead atoms. The van der Waals surface area contributed by atoms with E-state index in [2.05, 4.69) is 0 Å². The first kappa shape index (κ1) is 14.0. The molecular formula is C12H16F2O3. The zero-order chi connectivity index (χ0) is 13.1. The van der Waals surface area contributed by atoms with Crippen LogP contribution >= 0.6 is 0 Å². The second-order valence-corrected chi connectivity index (χ2v) is 4.04. The molecule has 5 heteroatoms. The van der Waals surface area contributed by atoms with Gasteiger partial charge in [-0.2, -0.15) is 0 Å². The molecule has 1 aromatic rings. The van der Waals surface area contributed by atoms with Gasteiger partial charge in [-0.15, -0.1) is 0 Å². The number of benzene rings is 1. The summed E-state index contributed by atoms with van der Waals surface area (Å²) in [5.41, 5.74) is -1.28. The lowest BCUT2D eigenvalue weighted by Crippen LogP contribution is -2.29. The van der Waals surface area contributed by atoms with Gasteiger partial charge >= 0.3 is 0 Å². The smallest absolute Gasteiger partial charge is 0.159 e. The topological polar surface area (TPSA) is 38.7 Å². The summed E-state index contributed by atoms with van der Waals surface area (Å²) in [6.45, 7) is 1.45. The third kappa shape index (κ3) is 3.73. The van der Waals surface area contributed by atoms with Crippen LogP contribution in [0.2, 0.25) is 0 Å². The first-order chi connectivity index (χ1) is 7.89. The van der Waals surface area contributed by atoms with Gasteiger partial charge in [0.15, 0.2) is 6.29 Å². The molecule has 0 radical (unpaired) electrons. The van der Waals surface area contributed by atoms with E-state index in [0.717, 1.165) is 18.2 Å². The van der Waals surface area contributed by atoms with Crippen molar-refractivity contribution >= 4 is 0 Å². The van der Waals surface area contributed by atoms with Gasteiger partial charge in [0.1, 0.15) is 11.6 Å². The molecule has 1 rings (SSSR count). The van der Waals surface area contributed by atoms with E-state index in [4.69, 9.17) is 9.47 Å². The minimum atomic E-state index is -1.43. The van der Waals surface area contributed by atoms with Crippen LogP contribution in [0.25, 0.3) is 0 Å². The Morgan fingerprint density at radius 3 is 2.06 bits per heavy atom. The van der Waals surface area contributed by atoms with Crippen molar-refractivity contribution in [3.8, 4) is 0 Å². The summed E-state index contributed by atoms with van der Waals surface area (Å²) in [4.78, 5) is 0. The van der Waals surface area contributed by atoms with Gasteiger partial charge in [-0.1, -0.05) is 0 Å². The average Bonchev–Trinajstić information content (AvgIpc) is 2.24. The van der Waals surface area contributed by atoms with Crippen LogP contribution in [-0.2, 0) is 15.1 Å². The molecule has 0 heterocycles. The predicted octanol–water partition coefficient (Wildman–Crippen LogP) is 2.18. The summed E-state index contributed by atoms with van der Waals surface area (Å²) in [5, 5.41) is 10.2. The Hall–Kier alpha value is -1.04. The van der Waals surface area contributed by atoms with Crippen LogP contribution in [0.5, 0.6) is 0 Å². The maximum atomic E-state index is 13.0. The molecule has 3 nitrogen and oxygen atoms in total. The van der Waals surface area contributed by atoms with Crippen molar-refractivity contribution in [2.24, 2.45) is 0 Å². The lowest BCUT2D eigenvalue weighted by atomic mass is 9.92. The monoisotopic (exact) mass is 246 g/mol. The molecule has 17 heavy (non-hydrogen) atoms. The molecule has 0 amide bonds. The second-order valence-electron chi connectivity index (χ2n) is 4.04. The fourth-order valence-electron chi connectivity index (χ4n) is 1.57. The molecule has 0 saturated heterocycles. The Kier molecular flexibility index (Phi) is 4.56. The lowest BCUT2D eigenvalue weighted by Gasteiger charge is -2.27. The lowest BCUT2D eigenvalue weighted by molar-refractivity contribution is -0.142. The van der Waals surface area contributed by atoms with Gasteiger partial charge < -0.3 is 14.6 Å². The van der Waals surface area contributed by atoms with Crippen molar-refractivity contribution < 1.29 is 23.4 Å². The van der Waals surface area contributed by atoms with Crippen LogP contribution in [0.4, 0.5) is 8.78 Å². The molecular weight excluding hydrogens is 230 g/mol. The summed E-state index contributed by atoms with van der Waals surface area (Å²) in [5.74, 6) is -1.46. The SMILES string of the molecule is COC(CC(C)(O)c1cc(F)cc(F)c1)OC. The molecule has 0 aliphatic carbocycles. The van der Waals surface area contributed by atoms with E-state index < -0.39 is 23.5 Å². The molecule has 1 unspecified atom stereocenters. The fraction of sp³-hybridized carbons (Fsp3) is 0.500. The first-order valence-electron chi connectivity index (χ1n) is 5.13. The van der Waals surface area contributed by atoms with E-state index in [1.54, 1.807) is 0 Å². The quantitative estimate of drug-likeness (QED) is 0.809. The summed E-state index contributed by atoms with van der Waals surface area (Å²) in [6.07, 6.45) is -0.570. The second kappa shape index (κ2) is 5.53. The summed E-state index contributed by atoms with van der Waals surface area (Å²) in [6, 6.07) is 2.93. The molecule has 0 fully saturated rings. The van der Waals surface area contributed by atoms with Gasteiger partial charge in [0, 0.05) is 26.7 Å². The van der Waals surface area contributed by atoms with Gasteiger partial charge in [0.05, 0.1) is 5.60 Å². The molecule has 1 aromatic carbocycles. The first-order valence-corrected chi connectivity index (χ1v) is 5.13. The molecule has 0 aromatic heterocycles. The van der Waals surface area contributed by atoms with Crippen LogP contribution in [0.15, 0.2) is 18.2 Å². The molecule has 1 N–H and O–H groups in total. The van der Waals surface area contributed by atoms with Crippen LogP contribution < -0.4 is 0 Å². The van der Waals surface area contributed by atoms with E-state index in [1.165, 1.54) is 21.1 Å². The number of ether oxygens (including phenoxy) is 2. The van der Waals surface area contributed by atoms with E-state index in [0.29, 0.717) is 0 Å². The normalized spacial score (nSPS) is 15.0. The van der Waals surface area contributed by atoms with E-state index in [9.17, 15) is 13.9 Å². The Labute approximate surface area is 99.0 Å². The number of hydrogen-bond acceptors (Lipinski definition) is 3. The third-order valence-corrected chi connectivity index (χ3v) is 2.57. The summed E-state index contributed by atoms with van der Waals surface area (Å²) >= 11 is 0. The van der Waals surface area contributed by atoms with Gasteiger partial charge in [0.2, 0.25) is 0 Å². The van der Waals surface area contributed by atoms with Crippen molar-refractivity contribution in [2.45, 2.75) is 25.2 Å². The molecule has 1 atom stereocenters. The van der Waals surface area contributed by atoms with Gasteiger partial charge in [0.25, 0.3) is 0 Å². The third-order valence-electron chi connectivity index (χ3n) is 2.57. The zero-order valence-electron chi connectivity index (χ0n) is 10.0. The van der Waals surface area contributed by atoms with Gasteiger partial charge in [-0.25, -0.2) is 8.78 Å². The molecule has 0 aliphatic rings. The van der Waals surface area contributed by atoms with Gasteiger partial charge in [-0.3, -0.25) is 0 Å². The highest BCUT2D eigenvalue weighted by Crippen LogP contribution is 2.28. The van der Waals surface area contributed by atoms with E-state index in [1.807, 2.05) is 0 Å². The van der Waals surface area contributed by atoms with Crippen molar-refractivity contribution in [2.75, 3.05) is 14.2 Å². The maximum Gasteiger partial charge on any atom is 0.159 e. The zero-order valence-corrected chi connectivity index (χ0v) is 10.0. The number of halogens is 2. The Morgan fingerprint density at radius 1 is 1.18 bits per heavy atom. The summed E-state index contributed by atoms with van der Waals surface area (Å²) < 4.78 is 36.0. The fourth-order valence-corrected chi connectivity index (χ4v) is 1.57. The number of rotatable bonds is 5. The van der Waals surface area contributed by atoms with Crippen molar-refractivity contribution in [3.63, 3.8) is 0 Å². The van der Waals surface area contributed by atoms with Crippen LogP contribution in [0.1, 0.15) is 18.9 Å². The van der Waals surface area contributed by atoms with Crippen LogP contribution in [0.3, 0.4) is 0 Å². The molecule has 0 saturated carbocycles. The summed E-state index contributed by atoms with van der Waals surface area (Å²) in [7, 11) is 2.85. The minimum Gasteiger partial charge on any atom is -0.385 e. The molecule has 0 spiro atoms. The Bertz CT molecular complexity index is 356. The highest BCUT2D eigenvalue weighted by atomic mass is 19.1. The van der Waals surface area contributed by atoms with Crippen molar-refractivity contribution in [1.82, 2.24) is 0 Å². The molecule has 0 aliphatic heterocycles. The predicted molar refractivity (Wildman–Crippen MR) is 58.4 cm³/mol. The Morgan fingerprint density at radius 2 is 1.65 bits per heavy atom. The average molecular weight is 246 g/mol. The number of hydrogen-bond donors (Lipinski definition) is 1. The standard InChI is InChI=1S/C12H16F2O3/c1-12(15,7-11(16-2)17-3)8-4-9(13)6-10(14)5-8/h4-6,11,15H,7H2,1-3H3. The van der Waals surface area contributed by atoms with Crippen molar-refractivity contribution in [3.05, 3.63) is 35.4 Å². The Balaban J connectivity index is 2.95.